The van der Waals surface area contributed by atoms with Crippen LogP contribution in [0, 0.1) is 5.92 Å². The van der Waals surface area contributed by atoms with Crippen LogP contribution in [0.25, 0.3) is 0 Å². The van der Waals surface area contributed by atoms with Gasteiger partial charge in [0.15, 0.2) is 0 Å². The number of nitrogens with two attached hydrogens (primary N) is 1. The molecule has 1 aliphatic carbocycles. The Kier molecular flexibility index (Phi) is 5.61. The van der Waals surface area contributed by atoms with Crippen molar-refractivity contribution in [1.29, 1.82) is 0 Å². The number of hydrogen-bond donors (Lipinski definition) is 1. The highest BCUT2D eigenvalue weighted by atomic mass is 32.1. The van der Waals surface area contributed by atoms with Gasteiger partial charge in [-0.15, -0.1) is 11.3 Å². The smallest absolute Gasteiger partial charge is 0.264 e. The molecule has 20 heavy (non-hydrogen) atoms. The average molecular weight is 294 g/mol. The molecule has 2 N–H and O–H groups in total. The third-order valence-corrected chi connectivity index (χ3v) is 5.61. The first-order chi connectivity index (χ1) is 9.71. The topological polar surface area (TPSA) is 46.3 Å². The van der Waals surface area contributed by atoms with Crippen molar-refractivity contribution in [2.75, 3.05) is 13.1 Å². The molecule has 0 radical (unpaired) electrons. The number of amides is 1. The molecule has 0 aromatic carbocycles. The van der Waals surface area contributed by atoms with Crippen LogP contribution in [0.1, 0.15) is 54.1 Å². The Hall–Kier alpha value is -0.870. The van der Waals surface area contributed by atoms with E-state index in [1.165, 1.54) is 17.7 Å². The van der Waals surface area contributed by atoms with Gasteiger partial charge in [0, 0.05) is 17.5 Å². The van der Waals surface area contributed by atoms with E-state index in [1.54, 1.807) is 11.3 Å². The maximum absolute atomic E-state index is 12.8. The van der Waals surface area contributed by atoms with Gasteiger partial charge in [0.2, 0.25) is 0 Å². The summed E-state index contributed by atoms with van der Waals surface area (Å²) in [6.07, 6.45) is 5.74. The SMILES string of the molecule is CCc1ccc(C(=O)N(CC)C2CCCCC2CN)s1. The first-order valence-electron chi connectivity index (χ1n) is 7.81. The Labute approximate surface area is 126 Å². The van der Waals surface area contributed by atoms with Gasteiger partial charge in [-0.25, -0.2) is 0 Å². The molecule has 0 spiro atoms. The molecule has 2 rings (SSSR count). The number of rotatable bonds is 5. The fourth-order valence-electron chi connectivity index (χ4n) is 3.23. The zero-order chi connectivity index (χ0) is 14.5. The molecule has 1 aromatic heterocycles. The first kappa shape index (κ1) is 15.5. The minimum atomic E-state index is 0.197. The Morgan fingerprint density at radius 1 is 1.35 bits per heavy atom. The highest BCUT2D eigenvalue weighted by Gasteiger charge is 2.32. The van der Waals surface area contributed by atoms with E-state index in [2.05, 4.69) is 24.8 Å². The molecule has 4 heteroatoms. The lowest BCUT2D eigenvalue weighted by atomic mass is 9.83. The van der Waals surface area contributed by atoms with E-state index >= 15 is 0 Å². The van der Waals surface area contributed by atoms with E-state index in [0.717, 1.165) is 30.7 Å². The summed E-state index contributed by atoms with van der Waals surface area (Å²) >= 11 is 1.64. The van der Waals surface area contributed by atoms with Gasteiger partial charge in [-0.05, 0) is 50.8 Å². The molecule has 0 bridgehead atoms. The molecule has 1 aliphatic rings. The summed E-state index contributed by atoms with van der Waals surface area (Å²) in [5.74, 6) is 0.667. The van der Waals surface area contributed by atoms with Crippen LogP contribution in [0.3, 0.4) is 0 Å². The first-order valence-corrected chi connectivity index (χ1v) is 8.62. The molecule has 1 amide bonds. The van der Waals surface area contributed by atoms with Gasteiger partial charge in [-0.2, -0.15) is 0 Å². The number of hydrogen-bond acceptors (Lipinski definition) is 3. The molecule has 2 atom stereocenters. The molecule has 1 fully saturated rings. The fraction of sp³-hybridized carbons (Fsp3) is 0.688. The molecule has 3 nitrogen and oxygen atoms in total. The van der Waals surface area contributed by atoms with Crippen molar-refractivity contribution in [1.82, 2.24) is 4.90 Å². The van der Waals surface area contributed by atoms with Crippen molar-refractivity contribution in [3.63, 3.8) is 0 Å². The molecule has 0 aliphatic heterocycles. The molecular formula is C16H26N2OS. The quantitative estimate of drug-likeness (QED) is 0.905. The van der Waals surface area contributed by atoms with Crippen LogP contribution >= 0.6 is 11.3 Å². The predicted molar refractivity (Wildman–Crippen MR) is 85.2 cm³/mol. The van der Waals surface area contributed by atoms with E-state index in [9.17, 15) is 4.79 Å². The molecule has 1 saturated carbocycles. The normalized spacial score (nSPS) is 22.8. The van der Waals surface area contributed by atoms with Crippen molar-refractivity contribution in [3.05, 3.63) is 21.9 Å². The van der Waals surface area contributed by atoms with E-state index < -0.39 is 0 Å². The largest absolute Gasteiger partial charge is 0.335 e. The van der Waals surface area contributed by atoms with Crippen molar-refractivity contribution >= 4 is 17.2 Å². The number of aryl methyl sites for hydroxylation is 1. The van der Waals surface area contributed by atoms with Gasteiger partial charge in [-0.1, -0.05) is 19.8 Å². The third kappa shape index (κ3) is 3.23. The summed E-state index contributed by atoms with van der Waals surface area (Å²) in [6, 6.07) is 4.39. The Morgan fingerprint density at radius 3 is 2.70 bits per heavy atom. The van der Waals surface area contributed by atoms with Gasteiger partial charge >= 0.3 is 0 Å². The van der Waals surface area contributed by atoms with Gasteiger partial charge in [0.1, 0.15) is 0 Å². The average Bonchev–Trinajstić information content (AvgIpc) is 2.97. The lowest BCUT2D eigenvalue weighted by Crippen LogP contribution is -2.47. The second-order valence-electron chi connectivity index (χ2n) is 5.56. The zero-order valence-electron chi connectivity index (χ0n) is 12.6. The molecule has 1 heterocycles. The van der Waals surface area contributed by atoms with E-state index in [0.29, 0.717) is 18.5 Å². The van der Waals surface area contributed by atoms with Gasteiger partial charge in [0.05, 0.1) is 4.88 Å². The number of nitrogens with zero attached hydrogens (tertiary/aromatic N) is 1. The Balaban J connectivity index is 2.15. The van der Waals surface area contributed by atoms with Gasteiger partial charge in [-0.3, -0.25) is 4.79 Å². The maximum Gasteiger partial charge on any atom is 0.264 e. The van der Waals surface area contributed by atoms with Crippen LogP contribution in [0.2, 0.25) is 0 Å². The number of carbonyl (C=O) groups excluding carboxylic acids is 1. The van der Waals surface area contributed by atoms with E-state index in [1.807, 2.05) is 6.07 Å². The lowest BCUT2D eigenvalue weighted by Gasteiger charge is -2.39. The number of carbonyl (C=O) groups is 1. The Bertz CT molecular complexity index is 443. The van der Waals surface area contributed by atoms with Crippen LogP contribution in [-0.2, 0) is 6.42 Å². The van der Waals surface area contributed by atoms with Crippen LogP contribution in [0.15, 0.2) is 12.1 Å². The Morgan fingerprint density at radius 2 is 2.10 bits per heavy atom. The standard InChI is InChI=1S/C16H26N2OS/c1-3-13-9-10-15(20-13)16(19)18(4-2)14-8-6-5-7-12(14)11-17/h9-10,12,14H,3-8,11,17H2,1-2H3. The molecule has 1 aromatic rings. The monoisotopic (exact) mass is 294 g/mol. The van der Waals surface area contributed by atoms with Crippen molar-refractivity contribution in [3.8, 4) is 0 Å². The summed E-state index contributed by atoms with van der Waals surface area (Å²) in [5, 5.41) is 0. The zero-order valence-corrected chi connectivity index (χ0v) is 13.4. The molecular weight excluding hydrogens is 268 g/mol. The second kappa shape index (κ2) is 7.23. The highest BCUT2D eigenvalue weighted by molar-refractivity contribution is 7.14. The van der Waals surface area contributed by atoms with Crippen LogP contribution < -0.4 is 5.73 Å². The van der Waals surface area contributed by atoms with Gasteiger partial charge < -0.3 is 10.6 Å². The second-order valence-corrected chi connectivity index (χ2v) is 6.73. The molecule has 2 unspecified atom stereocenters. The van der Waals surface area contributed by atoms with E-state index in [-0.39, 0.29) is 5.91 Å². The summed E-state index contributed by atoms with van der Waals surface area (Å²) in [5.41, 5.74) is 5.92. The number of thiophene rings is 1. The van der Waals surface area contributed by atoms with Gasteiger partial charge in [0.25, 0.3) is 5.91 Å². The summed E-state index contributed by atoms with van der Waals surface area (Å²) < 4.78 is 0. The third-order valence-electron chi connectivity index (χ3n) is 4.39. The predicted octanol–water partition coefficient (Wildman–Crippen LogP) is 3.29. The van der Waals surface area contributed by atoms with Crippen LogP contribution in [0.5, 0.6) is 0 Å². The minimum Gasteiger partial charge on any atom is -0.335 e. The summed E-state index contributed by atoms with van der Waals surface area (Å²) in [7, 11) is 0. The highest BCUT2D eigenvalue weighted by Crippen LogP contribution is 2.30. The van der Waals surface area contributed by atoms with Crippen molar-refractivity contribution in [2.45, 2.75) is 52.0 Å². The maximum atomic E-state index is 12.8. The van der Waals surface area contributed by atoms with E-state index in [4.69, 9.17) is 5.73 Å². The lowest BCUT2D eigenvalue weighted by molar-refractivity contribution is 0.0565. The minimum absolute atomic E-state index is 0.197. The molecule has 0 saturated heterocycles. The van der Waals surface area contributed by atoms with Crippen molar-refractivity contribution < 1.29 is 4.79 Å². The van der Waals surface area contributed by atoms with Crippen molar-refractivity contribution in [2.24, 2.45) is 11.7 Å². The van der Waals surface area contributed by atoms with Crippen LogP contribution in [0.4, 0.5) is 0 Å². The fourth-order valence-corrected chi connectivity index (χ4v) is 4.13. The van der Waals surface area contributed by atoms with Crippen LogP contribution in [-0.4, -0.2) is 29.9 Å². The summed E-state index contributed by atoms with van der Waals surface area (Å²) in [4.78, 5) is 17.0. The summed E-state index contributed by atoms with van der Waals surface area (Å²) in [6.45, 7) is 5.68. The molecule has 112 valence electrons.